The van der Waals surface area contributed by atoms with Gasteiger partial charge in [0.15, 0.2) is 15.6 Å². The zero-order chi connectivity index (χ0) is 38.5. The molecule has 3 aliphatic rings. The van der Waals surface area contributed by atoms with Gasteiger partial charge in [0.25, 0.3) is 0 Å². The molecule has 2 saturated carbocycles. The van der Waals surface area contributed by atoms with Crippen LogP contribution in [0.3, 0.4) is 0 Å². The zero-order valence-corrected chi connectivity index (χ0v) is 34.5. The molecule has 2 aromatic carbocycles. The molecule has 3 atom stereocenters. The van der Waals surface area contributed by atoms with Gasteiger partial charge in [-0.15, -0.1) is 0 Å². The SMILES string of the molecule is CC[N+](C)(CC)CCCCCCCCCCS(=O)(=O)CC(=O)c1ccc(N2C[C@@H]3C[C@H]2C[C@H]3OCc2c(-c3c(Cl)cccc3Cl)noc2C2CC2)c(F)c1. The molecule has 2 bridgehead atoms. The van der Waals surface area contributed by atoms with Crippen molar-refractivity contribution in [2.24, 2.45) is 5.92 Å². The van der Waals surface area contributed by atoms with Crippen LogP contribution in [0.5, 0.6) is 0 Å². The second-order valence-electron chi connectivity index (χ2n) is 16.1. The number of halogens is 3. The fourth-order valence-electron chi connectivity index (χ4n) is 8.33. The molecule has 0 amide bonds. The van der Waals surface area contributed by atoms with Crippen LogP contribution in [0.15, 0.2) is 40.9 Å². The number of rotatable bonds is 22. The van der Waals surface area contributed by atoms with Gasteiger partial charge in [-0.25, -0.2) is 12.8 Å². The molecule has 2 heterocycles. The van der Waals surface area contributed by atoms with E-state index in [1.54, 1.807) is 30.3 Å². The first-order chi connectivity index (χ1) is 25.9. The van der Waals surface area contributed by atoms with Crippen LogP contribution < -0.4 is 4.90 Å². The third-order valence-electron chi connectivity index (χ3n) is 12.2. The minimum Gasteiger partial charge on any atom is -0.373 e. The Morgan fingerprint density at radius 3 is 2.26 bits per heavy atom. The van der Waals surface area contributed by atoms with E-state index in [-0.39, 0.29) is 29.4 Å². The molecular weight excluding hydrogens is 748 g/mol. The number of carbonyl (C=O) groups is 1. The number of nitrogens with zero attached hydrogens (tertiary/aromatic N) is 3. The van der Waals surface area contributed by atoms with Gasteiger partial charge in [-0.1, -0.05) is 66.5 Å². The van der Waals surface area contributed by atoms with E-state index >= 15 is 4.39 Å². The third-order valence-corrected chi connectivity index (χ3v) is 14.5. The highest BCUT2D eigenvalue weighted by Gasteiger charge is 2.46. The number of aromatic nitrogens is 1. The largest absolute Gasteiger partial charge is 0.373 e. The molecule has 0 spiro atoms. The Bertz CT molecular complexity index is 1840. The van der Waals surface area contributed by atoms with Crippen LogP contribution in [0.1, 0.15) is 118 Å². The molecule has 1 saturated heterocycles. The molecule has 12 heteroatoms. The molecule has 296 valence electrons. The van der Waals surface area contributed by atoms with E-state index in [0.717, 1.165) is 60.8 Å². The highest BCUT2D eigenvalue weighted by atomic mass is 35.5. The van der Waals surface area contributed by atoms with Crippen molar-refractivity contribution in [3.63, 3.8) is 0 Å². The maximum atomic E-state index is 15.5. The molecule has 0 radical (unpaired) electrons. The number of benzene rings is 2. The highest BCUT2D eigenvalue weighted by Crippen LogP contribution is 2.47. The number of hydrogen-bond donors (Lipinski definition) is 0. The lowest BCUT2D eigenvalue weighted by Crippen LogP contribution is -2.44. The Kier molecular flexibility index (Phi) is 13.9. The fraction of sp³-hybridized carbons (Fsp3) is 0.619. The summed E-state index contributed by atoms with van der Waals surface area (Å²) in [6, 6.07) is 9.85. The van der Waals surface area contributed by atoms with Crippen LogP contribution in [0, 0.1) is 11.7 Å². The summed E-state index contributed by atoms with van der Waals surface area (Å²) in [6.45, 7) is 9.04. The minimum atomic E-state index is -3.57. The Hall–Kier alpha value is -2.50. The number of carbonyl (C=O) groups excluding carboxylic acids is 1. The maximum absolute atomic E-state index is 15.5. The number of hydrogen-bond acceptors (Lipinski definition) is 7. The van der Waals surface area contributed by atoms with Crippen molar-refractivity contribution in [1.29, 1.82) is 0 Å². The van der Waals surface area contributed by atoms with Crippen molar-refractivity contribution < 1.29 is 31.3 Å². The fourth-order valence-corrected chi connectivity index (χ4v) is 10.3. The Morgan fingerprint density at radius 1 is 0.981 bits per heavy atom. The van der Waals surface area contributed by atoms with Gasteiger partial charge < -0.3 is 18.6 Å². The lowest BCUT2D eigenvalue weighted by molar-refractivity contribution is -0.906. The number of quaternary nitrogens is 1. The number of Topliss-reactive ketones (excluding diaryl/α,β-unsaturated/α-hetero) is 1. The van der Waals surface area contributed by atoms with Crippen LogP contribution >= 0.6 is 23.2 Å². The number of ether oxygens (including phenoxy) is 1. The van der Waals surface area contributed by atoms with E-state index in [1.165, 1.54) is 51.4 Å². The molecule has 1 aliphatic heterocycles. The van der Waals surface area contributed by atoms with Gasteiger partial charge in [-0.3, -0.25) is 4.79 Å². The normalized spacial score (nSPS) is 20.0. The second-order valence-corrected chi connectivity index (χ2v) is 19.1. The van der Waals surface area contributed by atoms with Crippen LogP contribution in [-0.4, -0.2) is 80.7 Å². The molecule has 54 heavy (non-hydrogen) atoms. The number of ketones is 1. The van der Waals surface area contributed by atoms with E-state index in [1.807, 2.05) is 0 Å². The Morgan fingerprint density at radius 2 is 1.65 bits per heavy atom. The summed E-state index contributed by atoms with van der Waals surface area (Å²) >= 11 is 13.1. The van der Waals surface area contributed by atoms with Gasteiger partial charge in [0.2, 0.25) is 0 Å². The number of fused-ring (bicyclic) bond motifs is 2. The number of unbranched alkanes of at least 4 members (excludes halogenated alkanes) is 7. The van der Waals surface area contributed by atoms with E-state index in [0.29, 0.717) is 52.5 Å². The minimum absolute atomic E-state index is 0.00532. The summed E-state index contributed by atoms with van der Waals surface area (Å²) in [5, 5.41) is 5.38. The van der Waals surface area contributed by atoms with Crippen LogP contribution in [0.4, 0.5) is 10.1 Å². The van der Waals surface area contributed by atoms with E-state index in [4.69, 9.17) is 32.5 Å². The number of piperidine rings is 1. The Balaban J connectivity index is 0.936. The van der Waals surface area contributed by atoms with Gasteiger partial charge in [0.1, 0.15) is 23.0 Å². The smallest absolute Gasteiger partial charge is 0.177 e. The van der Waals surface area contributed by atoms with Gasteiger partial charge in [0, 0.05) is 41.1 Å². The van der Waals surface area contributed by atoms with E-state index in [9.17, 15) is 13.2 Å². The van der Waals surface area contributed by atoms with E-state index in [2.05, 4.69) is 31.0 Å². The van der Waals surface area contributed by atoms with Crippen molar-refractivity contribution in [2.75, 3.05) is 49.6 Å². The molecule has 0 unspecified atom stereocenters. The van der Waals surface area contributed by atoms with E-state index < -0.39 is 27.2 Å². The summed E-state index contributed by atoms with van der Waals surface area (Å²) in [4.78, 5) is 15.0. The first-order valence-corrected chi connectivity index (χ1v) is 22.7. The highest BCUT2D eigenvalue weighted by molar-refractivity contribution is 7.92. The number of sulfone groups is 1. The predicted octanol–water partition coefficient (Wildman–Crippen LogP) is 10.1. The maximum Gasteiger partial charge on any atom is 0.177 e. The first kappa shape index (κ1) is 41.1. The van der Waals surface area contributed by atoms with Crippen molar-refractivity contribution in [2.45, 2.75) is 116 Å². The summed E-state index contributed by atoms with van der Waals surface area (Å²) < 4.78 is 54.6. The quantitative estimate of drug-likeness (QED) is 0.0568. The van der Waals surface area contributed by atoms with Gasteiger partial charge >= 0.3 is 0 Å². The molecule has 2 aliphatic carbocycles. The molecule has 1 aromatic heterocycles. The molecule has 8 nitrogen and oxygen atoms in total. The molecule has 3 aromatic rings. The summed E-state index contributed by atoms with van der Waals surface area (Å²) in [6.07, 6.45) is 12.1. The first-order valence-electron chi connectivity index (χ1n) is 20.1. The van der Waals surface area contributed by atoms with Crippen LogP contribution in [0.25, 0.3) is 11.3 Å². The summed E-state index contributed by atoms with van der Waals surface area (Å²) in [5.74, 6) is -0.301. The van der Waals surface area contributed by atoms with Gasteiger partial charge in [0.05, 0.1) is 60.9 Å². The average molecular weight is 806 g/mol. The average Bonchev–Trinajstić information content (AvgIpc) is 3.60. The van der Waals surface area contributed by atoms with Gasteiger partial charge in [-0.05, 0) is 89.1 Å². The van der Waals surface area contributed by atoms with Crippen LogP contribution in [0.2, 0.25) is 10.0 Å². The molecule has 0 N–H and O–H groups in total. The summed E-state index contributed by atoms with van der Waals surface area (Å²) in [5.41, 5.74) is 2.68. The van der Waals surface area contributed by atoms with Crippen molar-refractivity contribution >= 4 is 44.5 Å². The molecule has 3 fully saturated rings. The second kappa shape index (κ2) is 18.2. The van der Waals surface area contributed by atoms with Gasteiger partial charge in [-0.2, -0.15) is 0 Å². The lowest BCUT2D eigenvalue weighted by Gasteiger charge is -2.33. The van der Waals surface area contributed by atoms with Crippen molar-refractivity contribution in [1.82, 2.24) is 5.16 Å². The zero-order valence-electron chi connectivity index (χ0n) is 32.1. The standard InChI is InChI=1S/C42H57Cl2FN3O5S/c1-4-48(3,5-2)21-12-10-8-6-7-9-11-13-22-54(50,51)28-38(49)30-19-20-37(36(45)24-30)47-26-31-23-32(47)25-39(31)52-27-33-41(46-53-42(33)29-17-18-29)40-34(43)15-14-16-35(40)44/h14-16,19-20,24,29,31-32,39H,4-13,17-18,21-23,25-28H2,1-3H3/q+1/t31-,32-,39+/m0/s1. The molecular formula is C42H57Cl2FN3O5S+. The topological polar surface area (TPSA) is 89.7 Å². The Labute approximate surface area is 331 Å². The van der Waals surface area contributed by atoms with Crippen LogP contribution in [-0.2, 0) is 21.2 Å². The molecule has 6 rings (SSSR count). The third kappa shape index (κ3) is 10.1. The lowest BCUT2D eigenvalue weighted by atomic mass is 10.0. The summed E-state index contributed by atoms with van der Waals surface area (Å²) in [7, 11) is -1.25. The number of anilines is 1. The predicted molar refractivity (Wildman–Crippen MR) is 215 cm³/mol. The van der Waals surface area contributed by atoms with Crippen molar-refractivity contribution in [3.8, 4) is 11.3 Å². The van der Waals surface area contributed by atoms with Crippen molar-refractivity contribution in [3.05, 3.63) is 69.1 Å². The monoisotopic (exact) mass is 804 g/mol.